The third-order valence-electron chi connectivity index (χ3n) is 1.58. The summed E-state index contributed by atoms with van der Waals surface area (Å²) < 4.78 is 24.3. The molecule has 0 fully saturated rings. The Hall–Kier alpha value is -1.43. The summed E-state index contributed by atoms with van der Waals surface area (Å²) in [6, 6.07) is 0. The maximum absolute atomic E-state index is 12.1. The Bertz CT molecular complexity index is 318. The van der Waals surface area contributed by atoms with E-state index in [1.54, 1.807) is 0 Å². The normalized spacial score (nSPS) is 10.8. The first kappa shape index (κ1) is 9.66. The average Bonchev–Trinajstić information content (AvgIpc) is 2.09. The predicted molar refractivity (Wildman–Crippen MR) is 41.2 cm³/mol. The van der Waals surface area contributed by atoms with Gasteiger partial charge in [0.25, 0.3) is 6.43 Å². The lowest BCUT2D eigenvalue weighted by Crippen LogP contribution is -2.00. The average molecular weight is 190 g/mol. The lowest BCUT2D eigenvalue weighted by molar-refractivity contribution is 0.151. The van der Waals surface area contributed by atoms with Gasteiger partial charge in [0.2, 0.25) is 0 Å². The van der Waals surface area contributed by atoms with Gasteiger partial charge in [-0.15, -0.1) is 0 Å². The van der Waals surface area contributed by atoms with E-state index >= 15 is 0 Å². The topological polar surface area (TPSA) is 79.4 Å². The summed E-state index contributed by atoms with van der Waals surface area (Å²) in [6.45, 7) is -0.542. The van der Waals surface area contributed by atoms with Gasteiger partial charge >= 0.3 is 0 Å². The van der Waals surface area contributed by atoms with Gasteiger partial charge in [0.05, 0.1) is 17.9 Å². The summed E-state index contributed by atoms with van der Waals surface area (Å²) in [5.74, 6) is -0.583. The smallest absolute Gasteiger partial charge is 0.267 e. The molecule has 0 aliphatic rings. The van der Waals surface area contributed by atoms with Crippen LogP contribution in [-0.2, 0) is 6.61 Å². The monoisotopic (exact) mass is 190 g/mol. The zero-order valence-corrected chi connectivity index (χ0v) is 6.54. The van der Waals surface area contributed by atoms with Crippen LogP contribution in [0.2, 0.25) is 0 Å². The number of nitrogens with two attached hydrogens (primary N) is 1. The maximum atomic E-state index is 12.1. The minimum absolute atomic E-state index is 0.109. The fraction of sp³-hybridized carbons (Fsp3) is 0.286. The minimum Gasteiger partial charge on any atom is -0.504 e. The summed E-state index contributed by atoms with van der Waals surface area (Å²) in [5, 5.41) is 17.8. The Morgan fingerprint density at radius 1 is 1.54 bits per heavy atom. The van der Waals surface area contributed by atoms with Crippen LogP contribution >= 0.6 is 0 Å². The van der Waals surface area contributed by atoms with Crippen molar-refractivity contribution in [1.82, 2.24) is 4.98 Å². The number of pyridine rings is 1. The molecule has 0 unspecified atom stereocenters. The number of hydrogen-bond acceptors (Lipinski definition) is 4. The number of alkyl halides is 2. The highest BCUT2D eigenvalue weighted by Gasteiger charge is 2.17. The van der Waals surface area contributed by atoms with Crippen LogP contribution in [0.1, 0.15) is 17.7 Å². The molecule has 0 aliphatic carbocycles. The van der Waals surface area contributed by atoms with E-state index in [2.05, 4.69) is 4.98 Å². The van der Waals surface area contributed by atoms with E-state index in [1.807, 2.05) is 0 Å². The molecule has 1 rings (SSSR count). The quantitative estimate of drug-likeness (QED) is 0.644. The number of anilines is 1. The molecule has 0 aliphatic heterocycles. The van der Waals surface area contributed by atoms with E-state index in [0.717, 1.165) is 6.20 Å². The van der Waals surface area contributed by atoms with E-state index in [4.69, 9.17) is 15.9 Å². The van der Waals surface area contributed by atoms with Gasteiger partial charge in [-0.3, -0.25) is 4.98 Å². The van der Waals surface area contributed by atoms with Gasteiger partial charge in [0.1, 0.15) is 5.69 Å². The molecule has 0 spiro atoms. The third-order valence-corrected chi connectivity index (χ3v) is 1.58. The summed E-state index contributed by atoms with van der Waals surface area (Å²) in [4.78, 5) is 3.42. The van der Waals surface area contributed by atoms with E-state index in [-0.39, 0.29) is 5.69 Å². The molecule has 72 valence electrons. The fourth-order valence-corrected chi connectivity index (χ4v) is 0.860. The Labute approximate surface area is 72.6 Å². The first-order chi connectivity index (χ1) is 6.07. The van der Waals surface area contributed by atoms with Crippen molar-refractivity contribution in [1.29, 1.82) is 0 Å². The van der Waals surface area contributed by atoms with Crippen LogP contribution in [0, 0.1) is 0 Å². The molecule has 0 saturated carbocycles. The predicted octanol–water partition coefficient (Wildman–Crippen LogP) is 0.799. The van der Waals surface area contributed by atoms with Crippen LogP contribution in [0.5, 0.6) is 5.75 Å². The second-order valence-electron chi connectivity index (χ2n) is 2.38. The molecule has 1 heterocycles. The molecule has 4 N–H and O–H groups in total. The largest absolute Gasteiger partial charge is 0.504 e. The molecule has 13 heavy (non-hydrogen) atoms. The molecular formula is C7H8F2N2O2. The molecule has 0 amide bonds. The molecule has 0 atom stereocenters. The van der Waals surface area contributed by atoms with Crippen molar-refractivity contribution in [3.8, 4) is 5.75 Å². The van der Waals surface area contributed by atoms with E-state index in [9.17, 15) is 8.78 Å². The minimum atomic E-state index is -2.79. The number of nitrogen functional groups attached to an aromatic ring is 1. The molecular weight excluding hydrogens is 182 g/mol. The van der Waals surface area contributed by atoms with Crippen LogP contribution in [0.25, 0.3) is 0 Å². The number of halogens is 2. The van der Waals surface area contributed by atoms with Gasteiger partial charge < -0.3 is 15.9 Å². The molecule has 0 bridgehead atoms. The van der Waals surface area contributed by atoms with Crippen LogP contribution in [0.4, 0.5) is 14.5 Å². The number of aromatic hydroxyl groups is 1. The van der Waals surface area contributed by atoms with Gasteiger partial charge in [-0.2, -0.15) is 0 Å². The second kappa shape index (κ2) is 3.53. The first-order valence-electron chi connectivity index (χ1n) is 3.43. The first-order valence-corrected chi connectivity index (χ1v) is 3.43. The van der Waals surface area contributed by atoms with E-state index < -0.39 is 30.0 Å². The van der Waals surface area contributed by atoms with Crippen LogP contribution in [-0.4, -0.2) is 15.2 Å². The van der Waals surface area contributed by atoms with Crippen molar-refractivity contribution in [3.05, 3.63) is 17.5 Å². The molecule has 1 aromatic rings. The summed E-state index contributed by atoms with van der Waals surface area (Å²) in [5.41, 5.74) is 4.10. The highest BCUT2D eigenvalue weighted by molar-refractivity contribution is 5.59. The maximum Gasteiger partial charge on any atom is 0.267 e. The van der Waals surface area contributed by atoms with E-state index in [1.165, 1.54) is 0 Å². The van der Waals surface area contributed by atoms with Crippen LogP contribution < -0.4 is 5.73 Å². The van der Waals surface area contributed by atoms with Gasteiger partial charge in [-0.25, -0.2) is 8.78 Å². The number of aliphatic hydroxyl groups is 1. The second-order valence-corrected chi connectivity index (χ2v) is 2.38. The lowest BCUT2D eigenvalue weighted by atomic mass is 10.2. The van der Waals surface area contributed by atoms with Gasteiger partial charge in [-0.05, 0) is 0 Å². The third kappa shape index (κ3) is 1.67. The lowest BCUT2D eigenvalue weighted by Gasteiger charge is -2.08. The molecule has 0 aromatic carbocycles. The van der Waals surface area contributed by atoms with E-state index in [0.29, 0.717) is 0 Å². The SMILES string of the molecule is Nc1c(C(F)F)cnc(CO)c1O. The number of nitrogens with zero attached hydrogens (tertiary/aromatic N) is 1. The fourth-order valence-electron chi connectivity index (χ4n) is 0.860. The molecule has 0 radical (unpaired) electrons. The zero-order chi connectivity index (χ0) is 10.0. The Kier molecular flexibility index (Phi) is 2.62. The summed E-state index contributed by atoms with van der Waals surface area (Å²) in [7, 11) is 0. The molecule has 4 nitrogen and oxygen atoms in total. The zero-order valence-electron chi connectivity index (χ0n) is 6.54. The van der Waals surface area contributed by atoms with Crippen molar-refractivity contribution in [3.63, 3.8) is 0 Å². The van der Waals surface area contributed by atoms with Crippen LogP contribution in [0.3, 0.4) is 0 Å². The van der Waals surface area contributed by atoms with Crippen molar-refractivity contribution >= 4 is 5.69 Å². The number of hydrogen-bond donors (Lipinski definition) is 3. The van der Waals surface area contributed by atoms with Gasteiger partial charge in [-0.1, -0.05) is 0 Å². The Balaban J connectivity index is 3.23. The molecule has 6 heteroatoms. The van der Waals surface area contributed by atoms with Crippen LogP contribution in [0.15, 0.2) is 6.20 Å². The van der Waals surface area contributed by atoms with Crippen molar-refractivity contribution in [2.75, 3.05) is 5.73 Å². The summed E-state index contributed by atoms with van der Waals surface area (Å²) >= 11 is 0. The molecule has 0 saturated heterocycles. The Morgan fingerprint density at radius 2 is 2.15 bits per heavy atom. The van der Waals surface area contributed by atoms with Crippen molar-refractivity contribution < 1.29 is 19.0 Å². The van der Waals surface area contributed by atoms with Gasteiger partial charge in [0.15, 0.2) is 5.75 Å². The number of aromatic nitrogens is 1. The van der Waals surface area contributed by atoms with Crippen molar-refractivity contribution in [2.45, 2.75) is 13.0 Å². The van der Waals surface area contributed by atoms with Gasteiger partial charge in [0, 0.05) is 6.20 Å². The molecule has 1 aromatic heterocycles. The summed E-state index contributed by atoms with van der Waals surface area (Å²) in [6.07, 6.45) is -1.95. The highest BCUT2D eigenvalue weighted by Crippen LogP contribution is 2.32. The standard InChI is InChI=1S/C7H8F2N2O2/c8-7(9)3-1-11-4(2-12)6(13)5(3)10/h1,7,12-13H,2H2,(H2,10,11). The number of rotatable bonds is 2. The Morgan fingerprint density at radius 3 is 2.62 bits per heavy atom. The van der Waals surface area contributed by atoms with Crippen molar-refractivity contribution in [2.24, 2.45) is 0 Å². The number of aliphatic hydroxyl groups excluding tert-OH is 1. The highest BCUT2D eigenvalue weighted by atomic mass is 19.3.